The summed E-state index contributed by atoms with van der Waals surface area (Å²) in [7, 11) is 0. The van der Waals surface area contributed by atoms with Crippen LogP contribution in [0.25, 0.3) is 11.4 Å². The maximum Gasteiger partial charge on any atom is 0.333 e. The van der Waals surface area contributed by atoms with Gasteiger partial charge in [-0.05, 0) is 31.0 Å². The zero-order chi connectivity index (χ0) is 18.8. The summed E-state index contributed by atoms with van der Waals surface area (Å²) >= 11 is 0. The summed E-state index contributed by atoms with van der Waals surface area (Å²) in [5, 5.41) is 7.63. The van der Waals surface area contributed by atoms with Gasteiger partial charge in [0.25, 0.3) is 5.91 Å². The van der Waals surface area contributed by atoms with E-state index in [0.717, 1.165) is 24.6 Å². The van der Waals surface area contributed by atoms with Crippen molar-refractivity contribution in [2.45, 2.75) is 25.3 Å². The molecule has 4 rings (SSSR count). The van der Waals surface area contributed by atoms with Gasteiger partial charge < -0.3 is 9.42 Å². The average molecular weight is 374 g/mol. The Morgan fingerprint density at radius 1 is 1.33 bits per heavy atom. The Hall–Kier alpha value is -3.17. The van der Waals surface area contributed by atoms with Crippen molar-refractivity contribution >= 4 is 5.91 Å². The van der Waals surface area contributed by atoms with Gasteiger partial charge in [0.1, 0.15) is 0 Å². The lowest BCUT2D eigenvalue weighted by molar-refractivity contribution is 0.0545. The SMILES string of the molecule is O=C(c1ccn(C(F)F)n1)N1CCC[C@H](c2nc(-c3cccnc3)no2)C1. The van der Waals surface area contributed by atoms with Crippen molar-refractivity contribution < 1.29 is 18.1 Å². The second-order valence-corrected chi connectivity index (χ2v) is 6.25. The summed E-state index contributed by atoms with van der Waals surface area (Å²) in [5.41, 5.74) is 0.742. The van der Waals surface area contributed by atoms with Crippen molar-refractivity contribution in [2.75, 3.05) is 13.1 Å². The number of rotatable bonds is 4. The molecule has 1 saturated heterocycles. The Kier molecular flexibility index (Phi) is 4.61. The van der Waals surface area contributed by atoms with Crippen molar-refractivity contribution in [1.29, 1.82) is 0 Å². The van der Waals surface area contributed by atoms with Gasteiger partial charge in [-0.2, -0.15) is 18.9 Å². The maximum atomic E-state index is 12.7. The first-order valence-electron chi connectivity index (χ1n) is 8.48. The van der Waals surface area contributed by atoms with Crippen LogP contribution in [0.3, 0.4) is 0 Å². The second-order valence-electron chi connectivity index (χ2n) is 6.25. The van der Waals surface area contributed by atoms with Crippen LogP contribution in [0.1, 0.15) is 41.7 Å². The van der Waals surface area contributed by atoms with E-state index in [-0.39, 0.29) is 17.5 Å². The van der Waals surface area contributed by atoms with Gasteiger partial charge in [0.05, 0.1) is 5.92 Å². The van der Waals surface area contributed by atoms with E-state index in [1.165, 1.54) is 6.07 Å². The van der Waals surface area contributed by atoms with Gasteiger partial charge in [0.15, 0.2) is 5.69 Å². The van der Waals surface area contributed by atoms with Crippen molar-refractivity contribution in [3.63, 3.8) is 0 Å². The van der Waals surface area contributed by atoms with Gasteiger partial charge in [0.2, 0.25) is 11.7 Å². The van der Waals surface area contributed by atoms with Gasteiger partial charge in [-0.15, -0.1) is 0 Å². The highest BCUT2D eigenvalue weighted by molar-refractivity contribution is 5.92. The monoisotopic (exact) mass is 374 g/mol. The number of nitrogens with zero attached hydrogens (tertiary/aromatic N) is 6. The van der Waals surface area contributed by atoms with Crippen LogP contribution in [0.2, 0.25) is 0 Å². The van der Waals surface area contributed by atoms with E-state index in [9.17, 15) is 13.6 Å². The Morgan fingerprint density at radius 2 is 2.22 bits per heavy atom. The topological polar surface area (TPSA) is 89.9 Å². The lowest BCUT2D eigenvalue weighted by atomic mass is 9.97. The number of pyridine rings is 1. The van der Waals surface area contributed by atoms with Gasteiger partial charge >= 0.3 is 6.55 Å². The highest BCUT2D eigenvalue weighted by atomic mass is 19.3. The van der Waals surface area contributed by atoms with E-state index < -0.39 is 6.55 Å². The van der Waals surface area contributed by atoms with Gasteiger partial charge in [0, 0.05) is 37.2 Å². The fourth-order valence-electron chi connectivity index (χ4n) is 3.10. The normalized spacial score (nSPS) is 17.4. The maximum absolute atomic E-state index is 12.7. The van der Waals surface area contributed by atoms with Gasteiger partial charge in [-0.3, -0.25) is 9.78 Å². The molecule has 0 spiro atoms. The third-order valence-corrected chi connectivity index (χ3v) is 4.45. The Bertz CT molecular complexity index is 926. The number of halogens is 2. The zero-order valence-corrected chi connectivity index (χ0v) is 14.2. The molecule has 0 unspecified atom stereocenters. The first kappa shape index (κ1) is 17.3. The number of carbonyl (C=O) groups excluding carboxylic acids is 1. The molecule has 4 heterocycles. The van der Waals surface area contributed by atoms with E-state index in [4.69, 9.17) is 4.52 Å². The Balaban J connectivity index is 1.48. The molecule has 0 aliphatic carbocycles. The molecule has 1 aliphatic rings. The summed E-state index contributed by atoms with van der Waals surface area (Å²) in [6, 6.07) is 4.91. The van der Waals surface area contributed by atoms with Crippen LogP contribution >= 0.6 is 0 Å². The molecule has 1 amide bonds. The average Bonchev–Trinajstić information content (AvgIpc) is 3.38. The van der Waals surface area contributed by atoms with Crippen LogP contribution in [0.4, 0.5) is 8.78 Å². The number of hydrogen-bond donors (Lipinski definition) is 0. The molecule has 10 heteroatoms. The fraction of sp³-hybridized carbons (Fsp3) is 0.353. The number of piperidine rings is 1. The number of carbonyl (C=O) groups is 1. The molecule has 0 N–H and O–H groups in total. The van der Waals surface area contributed by atoms with E-state index >= 15 is 0 Å². The fourth-order valence-corrected chi connectivity index (χ4v) is 3.10. The minimum Gasteiger partial charge on any atom is -0.339 e. The molecule has 27 heavy (non-hydrogen) atoms. The molecule has 3 aromatic rings. The minimum atomic E-state index is -2.77. The predicted molar refractivity (Wildman–Crippen MR) is 88.9 cm³/mol. The van der Waals surface area contributed by atoms with Crippen molar-refractivity contribution in [3.8, 4) is 11.4 Å². The number of likely N-dealkylation sites (tertiary alicyclic amines) is 1. The largest absolute Gasteiger partial charge is 0.339 e. The molecule has 140 valence electrons. The van der Waals surface area contributed by atoms with E-state index in [2.05, 4.69) is 20.2 Å². The summed E-state index contributed by atoms with van der Waals surface area (Å²) < 4.78 is 31.2. The number of alkyl halides is 2. The Labute approximate surface area is 152 Å². The summed E-state index contributed by atoms with van der Waals surface area (Å²) in [6.07, 6.45) is 5.94. The van der Waals surface area contributed by atoms with Crippen LogP contribution in [-0.4, -0.2) is 48.8 Å². The molecule has 0 radical (unpaired) electrons. The molecular formula is C17H16F2N6O2. The van der Waals surface area contributed by atoms with Crippen LogP contribution in [0.15, 0.2) is 41.3 Å². The summed E-state index contributed by atoms with van der Waals surface area (Å²) in [6.45, 7) is -1.87. The van der Waals surface area contributed by atoms with Gasteiger partial charge in [-0.1, -0.05) is 5.16 Å². The van der Waals surface area contributed by atoms with Crippen LogP contribution < -0.4 is 0 Å². The van der Waals surface area contributed by atoms with Crippen LogP contribution in [0.5, 0.6) is 0 Å². The van der Waals surface area contributed by atoms with Crippen molar-refractivity contribution in [3.05, 3.63) is 48.4 Å². The second kappa shape index (κ2) is 7.22. The lowest BCUT2D eigenvalue weighted by Gasteiger charge is -2.30. The highest BCUT2D eigenvalue weighted by Gasteiger charge is 2.30. The summed E-state index contributed by atoms with van der Waals surface area (Å²) in [4.78, 5) is 22.6. The number of aromatic nitrogens is 5. The van der Waals surface area contributed by atoms with E-state index in [1.54, 1.807) is 23.4 Å². The lowest BCUT2D eigenvalue weighted by Crippen LogP contribution is -2.39. The predicted octanol–water partition coefficient (Wildman–Crippen LogP) is 2.74. The zero-order valence-electron chi connectivity index (χ0n) is 14.2. The number of hydrogen-bond acceptors (Lipinski definition) is 6. The summed E-state index contributed by atoms with van der Waals surface area (Å²) in [5.74, 6) is 0.394. The van der Waals surface area contributed by atoms with Gasteiger partial charge in [-0.25, -0.2) is 4.68 Å². The standard InChI is InChI=1S/C17H16F2N6O2/c18-17(19)25-8-5-13(22-25)16(26)24-7-2-4-12(10-24)15-21-14(23-27-15)11-3-1-6-20-9-11/h1,3,5-6,8-9,12,17H,2,4,7,10H2/t12-/m0/s1. The molecular weight excluding hydrogens is 358 g/mol. The molecule has 1 atom stereocenters. The van der Waals surface area contributed by atoms with Crippen LogP contribution in [-0.2, 0) is 0 Å². The number of amides is 1. The Morgan fingerprint density at radius 3 is 2.96 bits per heavy atom. The van der Waals surface area contributed by atoms with E-state index in [1.807, 2.05) is 6.07 Å². The third kappa shape index (κ3) is 3.55. The molecule has 1 fully saturated rings. The van der Waals surface area contributed by atoms with E-state index in [0.29, 0.717) is 29.5 Å². The molecule has 1 aliphatic heterocycles. The third-order valence-electron chi connectivity index (χ3n) is 4.45. The first-order chi connectivity index (χ1) is 13.1. The first-order valence-corrected chi connectivity index (χ1v) is 8.48. The smallest absolute Gasteiger partial charge is 0.333 e. The van der Waals surface area contributed by atoms with Crippen molar-refractivity contribution in [1.82, 2.24) is 29.8 Å². The molecule has 3 aromatic heterocycles. The van der Waals surface area contributed by atoms with Crippen LogP contribution in [0, 0.1) is 0 Å². The molecule has 8 nitrogen and oxygen atoms in total. The highest BCUT2D eigenvalue weighted by Crippen LogP contribution is 2.28. The molecule has 0 aromatic carbocycles. The minimum absolute atomic E-state index is 0.00229. The van der Waals surface area contributed by atoms with Crippen molar-refractivity contribution in [2.24, 2.45) is 0 Å². The molecule has 0 bridgehead atoms. The molecule has 0 saturated carbocycles. The quantitative estimate of drug-likeness (QED) is 0.698.